The molecule has 0 aliphatic heterocycles. The van der Waals surface area contributed by atoms with Crippen molar-refractivity contribution in [3.05, 3.63) is 12.2 Å². The maximum absolute atomic E-state index is 13.1. The topological polar surface area (TPSA) is 108 Å². The average Bonchev–Trinajstić information content (AvgIpc) is 3.52. The predicted octanol–water partition coefficient (Wildman–Crippen LogP) is 24.2. The largest absolute Gasteiger partial charge is 0.756 e. The van der Waals surface area contributed by atoms with E-state index in [1.807, 2.05) is 27.2 Å². The molecular formula is C76H153N2O6P. The number of nitrogens with zero attached hydrogens (tertiary/aromatic N) is 1. The summed E-state index contributed by atoms with van der Waals surface area (Å²) in [5.74, 6) is -0.186. The van der Waals surface area contributed by atoms with Gasteiger partial charge in [0.15, 0.2) is 0 Å². The minimum absolute atomic E-state index is 0.00304. The van der Waals surface area contributed by atoms with Crippen LogP contribution < -0.4 is 10.2 Å². The van der Waals surface area contributed by atoms with Crippen molar-refractivity contribution in [2.24, 2.45) is 0 Å². The Morgan fingerprint density at radius 3 is 0.882 bits per heavy atom. The lowest BCUT2D eigenvalue weighted by atomic mass is 10.0. The van der Waals surface area contributed by atoms with Crippen LogP contribution in [0.4, 0.5) is 0 Å². The van der Waals surface area contributed by atoms with E-state index in [1.165, 1.54) is 360 Å². The number of likely N-dealkylation sites (N-methyl/N-ethyl adjacent to an activating group) is 1. The second kappa shape index (κ2) is 67.6. The zero-order valence-corrected chi connectivity index (χ0v) is 59.3. The van der Waals surface area contributed by atoms with E-state index in [1.54, 1.807) is 6.08 Å². The van der Waals surface area contributed by atoms with Crippen LogP contribution in [0.5, 0.6) is 0 Å². The van der Waals surface area contributed by atoms with Crippen molar-refractivity contribution in [3.63, 3.8) is 0 Å². The molecule has 0 fully saturated rings. The van der Waals surface area contributed by atoms with E-state index in [-0.39, 0.29) is 19.1 Å². The molecule has 508 valence electrons. The van der Waals surface area contributed by atoms with Gasteiger partial charge in [0.2, 0.25) is 5.91 Å². The van der Waals surface area contributed by atoms with Gasteiger partial charge in [0, 0.05) is 6.42 Å². The smallest absolute Gasteiger partial charge is 0.268 e. The highest BCUT2D eigenvalue weighted by molar-refractivity contribution is 7.45. The molecule has 2 N–H and O–H groups in total. The zero-order valence-electron chi connectivity index (χ0n) is 58.4. The Labute approximate surface area is 532 Å². The molecule has 0 aliphatic rings. The molecule has 1 amide bonds. The van der Waals surface area contributed by atoms with Gasteiger partial charge in [0.25, 0.3) is 7.82 Å². The van der Waals surface area contributed by atoms with E-state index in [9.17, 15) is 19.4 Å². The van der Waals surface area contributed by atoms with Crippen molar-refractivity contribution in [2.75, 3.05) is 40.9 Å². The maximum atomic E-state index is 13.1. The van der Waals surface area contributed by atoms with Crippen LogP contribution in [-0.2, 0) is 18.4 Å². The van der Waals surface area contributed by atoms with Crippen LogP contribution in [0.3, 0.4) is 0 Å². The second-order valence-corrected chi connectivity index (χ2v) is 29.5. The first-order valence-corrected chi connectivity index (χ1v) is 40.0. The third kappa shape index (κ3) is 70.6. The predicted molar refractivity (Wildman–Crippen MR) is 372 cm³/mol. The number of hydrogen-bond acceptors (Lipinski definition) is 6. The number of rotatable bonds is 73. The van der Waals surface area contributed by atoms with E-state index in [2.05, 4.69) is 19.2 Å². The number of carbonyl (C=O) groups excluding carboxylic acids is 1. The van der Waals surface area contributed by atoms with Crippen LogP contribution in [0.2, 0.25) is 0 Å². The molecule has 85 heavy (non-hydrogen) atoms. The molecule has 0 bridgehead atoms. The zero-order chi connectivity index (χ0) is 61.9. The average molecular weight is 1220 g/mol. The van der Waals surface area contributed by atoms with Crippen LogP contribution in [0, 0.1) is 0 Å². The molecule has 3 unspecified atom stereocenters. The summed E-state index contributed by atoms with van der Waals surface area (Å²) in [5.41, 5.74) is 0. The highest BCUT2D eigenvalue weighted by atomic mass is 31.2. The molecule has 9 heteroatoms. The first-order valence-electron chi connectivity index (χ1n) is 38.6. The Morgan fingerprint density at radius 1 is 0.400 bits per heavy atom. The maximum Gasteiger partial charge on any atom is 0.268 e. The fraction of sp³-hybridized carbons (Fsp3) is 0.961. The standard InChI is InChI=1S/C76H153N2O6P/c1-6-8-10-12-14-16-18-20-22-24-26-28-30-31-32-33-34-35-36-37-38-39-40-41-42-43-44-45-46-48-50-52-54-56-58-60-62-64-66-68-70-76(80)77-74(73-84-85(81,82)83-72-71-78(3,4)5)75(79)69-67-65-63-61-59-57-55-53-51-49-47-29-27-25-23-21-19-17-15-13-11-9-7-2/h67,69,74-75,79H,6-66,68,70-73H2,1-5H3,(H-,77,80,81,82)/b69-67+. The first kappa shape index (κ1) is 84.2. The third-order valence-corrected chi connectivity index (χ3v) is 19.2. The van der Waals surface area contributed by atoms with Crippen LogP contribution in [0.1, 0.15) is 418 Å². The van der Waals surface area contributed by atoms with Crippen molar-refractivity contribution in [1.82, 2.24) is 5.32 Å². The SMILES string of the molecule is CCCCCCCCCCCCCCCCCCCCCCC/C=C/C(O)C(COP(=O)([O-])OCC[N+](C)(C)C)NC(=O)CCCCCCCCCCCCCCCCCCCCCCCCCCCCCCCCCCCCCCCCCC. The number of allylic oxidation sites excluding steroid dienone is 1. The number of phosphoric ester groups is 1. The normalized spacial score (nSPS) is 13.5. The summed E-state index contributed by atoms with van der Waals surface area (Å²) in [6.07, 6.45) is 88.1. The van der Waals surface area contributed by atoms with E-state index in [0.29, 0.717) is 17.4 Å². The number of nitrogens with one attached hydrogen (secondary N) is 1. The fourth-order valence-electron chi connectivity index (χ4n) is 12.3. The van der Waals surface area contributed by atoms with Gasteiger partial charge in [-0.25, -0.2) is 0 Å². The van der Waals surface area contributed by atoms with Gasteiger partial charge in [-0.15, -0.1) is 0 Å². The van der Waals surface area contributed by atoms with Crippen LogP contribution in [-0.4, -0.2) is 68.5 Å². The molecule has 3 atom stereocenters. The third-order valence-electron chi connectivity index (χ3n) is 18.2. The Hall–Kier alpha value is -0.760. The number of amides is 1. The van der Waals surface area contributed by atoms with Crippen molar-refractivity contribution in [3.8, 4) is 0 Å². The summed E-state index contributed by atoms with van der Waals surface area (Å²) in [7, 11) is 1.29. The van der Waals surface area contributed by atoms with E-state index in [0.717, 1.165) is 38.5 Å². The number of phosphoric acid groups is 1. The lowest BCUT2D eigenvalue weighted by Gasteiger charge is -2.29. The Morgan fingerprint density at radius 2 is 0.635 bits per heavy atom. The molecule has 0 aliphatic carbocycles. The summed E-state index contributed by atoms with van der Waals surface area (Å²) in [5, 5.41) is 14.0. The molecule has 0 saturated carbocycles. The summed E-state index contributed by atoms with van der Waals surface area (Å²) in [6, 6.07) is -0.884. The molecule has 0 aromatic heterocycles. The van der Waals surface area contributed by atoms with Gasteiger partial charge in [0.05, 0.1) is 39.9 Å². The summed E-state index contributed by atoms with van der Waals surface area (Å²) < 4.78 is 23.5. The minimum Gasteiger partial charge on any atom is -0.756 e. The Bertz CT molecular complexity index is 1390. The fourth-order valence-corrected chi connectivity index (χ4v) is 13.0. The minimum atomic E-state index is -4.60. The number of aliphatic hydroxyl groups excluding tert-OH is 1. The first-order chi connectivity index (χ1) is 41.5. The van der Waals surface area contributed by atoms with Crippen LogP contribution in [0.15, 0.2) is 12.2 Å². The molecule has 0 saturated heterocycles. The molecule has 0 aromatic rings. The number of unbranched alkanes of at least 4 members (excludes halogenated alkanes) is 60. The number of hydrogen-bond donors (Lipinski definition) is 2. The highest BCUT2D eigenvalue weighted by Crippen LogP contribution is 2.38. The van der Waals surface area contributed by atoms with Crippen LogP contribution in [0.25, 0.3) is 0 Å². The highest BCUT2D eigenvalue weighted by Gasteiger charge is 2.23. The van der Waals surface area contributed by atoms with Gasteiger partial charge >= 0.3 is 0 Å². The van der Waals surface area contributed by atoms with Crippen molar-refractivity contribution in [1.29, 1.82) is 0 Å². The van der Waals surface area contributed by atoms with Gasteiger partial charge in [-0.3, -0.25) is 9.36 Å². The lowest BCUT2D eigenvalue weighted by Crippen LogP contribution is -2.45. The number of aliphatic hydroxyl groups is 1. The monoisotopic (exact) mass is 1220 g/mol. The van der Waals surface area contributed by atoms with Gasteiger partial charge in [0.1, 0.15) is 13.2 Å². The van der Waals surface area contributed by atoms with Crippen LogP contribution >= 0.6 is 7.82 Å². The van der Waals surface area contributed by atoms with Gasteiger partial charge < -0.3 is 28.8 Å². The second-order valence-electron chi connectivity index (χ2n) is 28.1. The quantitative estimate of drug-likeness (QED) is 0.0272. The molecule has 0 radical (unpaired) electrons. The molecule has 0 heterocycles. The summed E-state index contributed by atoms with van der Waals surface area (Å²) in [4.78, 5) is 25.7. The number of carbonyl (C=O) groups is 1. The molecular weight excluding hydrogens is 1070 g/mol. The van der Waals surface area contributed by atoms with E-state index in [4.69, 9.17) is 9.05 Å². The van der Waals surface area contributed by atoms with Gasteiger partial charge in [-0.1, -0.05) is 405 Å². The Kier molecular flexibility index (Phi) is 67.0. The summed E-state index contributed by atoms with van der Waals surface area (Å²) >= 11 is 0. The Balaban J connectivity index is 3.88. The van der Waals surface area contributed by atoms with E-state index >= 15 is 0 Å². The van der Waals surface area contributed by atoms with Gasteiger partial charge in [-0.2, -0.15) is 0 Å². The molecule has 0 rings (SSSR count). The van der Waals surface area contributed by atoms with Crippen molar-refractivity contribution < 1.29 is 32.9 Å². The van der Waals surface area contributed by atoms with Crippen molar-refractivity contribution in [2.45, 2.75) is 431 Å². The summed E-state index contributed by atoms with van der Waals surface area (Å²) in [6.45, 7) is 4.73. The van der Waals surface area contributed by atoms with Crippen molar-refractivity contribution >= 4 is 13.7 Å². The molecule has 0 aromatic carbocycles. The van der Waals surface area contributed by atoms with Gasteiger partial charge in [-0.05, 0) is 19.3 Å². The molecule has 8 nitrogen and oxygen atoms in total. The number of quaternary nitrogens is 1. The van der Waals surface area contributed by atoms with E-state index < -0.39 is 20.0 Å². The lowest BCUT2D eigenvalue weighted by molar-refractivity contribution is -0.870. The molecule has 0 spiro atoms.